The highest BCUT2D eigenvalue weighted by molar-refractivity contribution is 6.31. The molecule has 1 aromatic heterocycles. The van der Waals surface area contributed by atoms with Crippen LogP contribution < -0.4 is 4.73 Å². The molecule has 0 bridgehead atoms. The van der Waals surface area contributed by atoms with Gasteiger partial charge >= 0.3 is 0 Å². The summed E-state index contributed by atoms with van der Waals surface area (Å²) in [6.45, 7) is 1.68. The zero-order chi connectivity index (χ0) is 11.2. The number of pyridine rings is 1. The Kier molecular flexibility index (Phi) is 2.31. The second-order valence-corrected chi connectivity index (χ2v) is 4.62. The normalized spacial score (nSPS) is 28.3. The number of hydrogen-bond acceptors (Lipinski definition) is 3. The van der Waals surface area contributed by atoms with Gasteiger partial charge in [0.05, 0.1) is 24.8 Å². The van der Waals surface area contributed by atoms with Gasteiger partial charge in [-0.2, -0.15) is 4.73 Å². The van der Waals surface area contributed by atoms with E-state index in [-0.39, 0.29) is 0 Å². The van der Waals surface area contributed by atoms with Gasteiger partial charge < -0.3 is 14.7 Å². The van der Waals surface area contributed by atoms with Crippen molar-refractivity contribution >= 4 is 11.6 Å². The van der Waals surface area contributed by atoms with Gasteiger partial charge in [0.25, 0.3) is 0 Å². The molecule has 0 amide bonds. The zero-order valence-corrected chi connectivity index (χ0v) is 9.50. The summed E-state index contributed by atoms with van der Waals surface area (Å²) in [6, 6.07) is 1.64. The Bertz CT molecular complexity index is 429. The van der Waals surface area contributed by atoms with Gasteiger partial charge in [-0.05, 0) is 0 Å². The largest absolute Gasteiger partial charge is 0.618 e. The minimum atomic E-state index is -0.569. The lowest BCUT2D eigenvalue weighted by Gasteiger charge is -2.32. The Morgan fingerprint density at radius 3 is 3.06 bits per heavy atom. The van der Waals surface area contributed by atoms with Crippen LogP contribution in [0.1, 0.15) is 17.7 Å². The SMILES string of the molecule is [O-][n+]1ccc(Cl)c2c1C1(CCOC1)OCC2. The molecule has 0 N–H and O–H groups in total. The van der Waals surface area contributed by atoms with Gasteiger partial charge in [-0.1, -0.05) is 11.6 Å². The maximum Gasteiger partial charge on any atom is 0.232 e. The second-order valence-electron chi connectivity index (χ2n) is 4.21. The van der Waals surface area contributed by atoms with Gasteiger partial charge in [0, 0.05) is 24.5 Å². The first-order valence-electron chi connectivity index (χ1n) is 5.36. The van der Waals surface area contributed by atoms with Crippen LogP contribution in [0, 0.1) is 5.21 Å². The van der Waals surface area contributed by atoms with Gasteiger partial charge in [0.15, 0.2) is 11.8 Å². The summed E-state index contributed by atoms with van der Waals surface area (Å²) >= 11 is 6.13. The van der Waals surface area contributed by atoms with E-state index in [0.29, 0.717) is 37.0 Å². The molecule has 1 unspecified atom stereocenters. The van der Waals surface area contributed by atoms with Gasteiger partial charge in [-0.15, -0.1) is 0 Å². The molecule has 3 rings (SSSR count). The highest BCUT2D eigenvalue weighted by Crippen LogP contribution is 2.39. The lowest BCUT2D eigenvalue weighted by atomic mass is 9.90. The first-order valence-corrected chi connectivity index (χ1v) is 5.73. The van der Waals surface area contributed by atoms with Crippen LogP contribution >= 0.6 is 11.6 Å². The third-order valence-electron chi connectivity index (χ3n) is 3.30. The Morgan fingerprint density at radius 1 is 1.44 bits per heavy atom. The molecule has 0 radical (unpaired) electrons. The quantitative estimate of drug-likeness (QED) is 0.506. The maximum absolute atomic E-state index is 11.9. The van der Waals surface area contributed by atoms with Crippen molar-refractivity contribution in [2.45, 2.75) is 18.4 Å². The van der Waals surface area contributed by atoms with Crippen LogP contribution in [0.5, 0.6) is 0 Å². The van der Waals surface area contributed by atoms with Gasteiger partial charge in [-0.3, -0.25) is 0 Å². The highest BCUT2D eigenvalue weighted by Gasteiger charge is 2.48. The zero-order valence-electron chi connectivity index (χ0n) is 8.74. The summed E-state index contributed by atoms with van der Waals surface area (Å²) in [7, 11) is 0. The molecule has 1 saturated heterocycles. The summed E-state index contributed by atoms with van der Waals surface area (Å²) in [5, 5.41) is 12.5. The molecule has 1 fully saturated rings. The summed E-state index contributed by atoms with van der Waals surface area (Å²) in [5.41, 5.74) is 0.986. The lowest BCUT2D eigenvalue weighted by molar-refractivity contribution is -0.624. The molecule has 1 aromatic rings. The van der Waals surface area contributed by atoms with Crippen LogP contribution in [0.2, 0.25) is 5.02 Å². The molecule has 1 atom stereocenters. The van der Waals surface area contributed by atoms with E-state index in [1.165, 1.54) is 6.20 Å². The van der Waals surface area contributed by atoms with Crippen LogP contribution in [-0.4, -0.2) is 19.8 Å². The van der Waals surface area contributed by atoms with Crippen molar-refractivity contribution in [3.05, 3.63) is 33.8 Å². The Morgan fingerprint density at radius 2 is 2.31 bits per heavy atom. The van der Waals surface area contributed by atoms with Crippen molar-refractivity contribution in [2.24, 2.45) is 0 Å². The molecule has 2 aliphatic heterocycles. The van der Waals surface area contributed by atoms with Crippen molar-refractivity contribution in [1.29, 1.82) is 0 Å². The topological polar surface area (TPSA) is 45.4 Å². The van der Waals surface area contributed by atoms with Crippen molar-refractivity contribution in [1.82, 2.24) is 0 Å². The van der Waals surface area contributed by atoms with Crippen molar-refractivity contribution in [2.75, 3.05) is 19.8 Å². The standard InChI is InChI=1S/C11H12ClNO3/c12-9-1-4-13(14)10-8(9)2-5-16-11(10)3-6-15-7-11/h1,4H,2-3,5-7H2. The predicted octanol–water partition coefficient (Wildman–Crippen LogP) is 1.16. The Balaban J connectivity index is 2.20. The Hall–Kier alpha value is -0.840. The van der Waals surface area contributed by atoms with E-state index < -0.39 is 5.60 Å². The molecule has 2 aliphatic rings. The number of ether oxygens (including phenoxy) is 2. The number of rotatable bonds is 0. The third-order valence-corrected chi connectivity index (χ3v) is 3.65. The monoisotopic (exact) mass is 241 g/mol. The fraction of sp³-hybridized carbons (Fsp3) is 0.545. The average molecular weight is 242 g/mol. The Labute approximate surface area is 98.3 Å². The van der Waals surface area contributed by atoms with E-state index in [4.69, 9.17) is 21.1 Å². The van der Waals surface area contributed by atoms with Gasteiger partial charge in [0.2, 0.25) is 5.69 Å². The summed E-state index contributed by atoms with van der Waals surface area (Å²) in [5.74, 6) is 0. The summed E-state index contributed by atoms with van der Waals surface area (Å²) in [6.07, 6.45) is 2.86. The van der Waals surface area contributed by atoms with Crippen LogP contribution in [0.3, 0.4) is 0 Å². The number of nitrogens with zero attached hydrogens (tertiary/aromatic N) is 1. The van der Waals surface area contributed by atoms with Crippen molar-refractivity contribution in [3.8, 4) is 0 Å². The molecule has 0 saturated carbocycles. The van der Waals surface area contributed by atoms with E-state index in [9.17, 15) is 5.21 Å². The second kappa shape index (κ2) is 3.58. The molecular formula is C11H12ClNO3. The number of aromatic nitrogens is 1. The van der Waals surface area contributed by atoms with E-state index in [1.54, 1.807) is 6.07 Å². The molecular weight excluding hydrogens is 230 g/mol. The van der Waals surface area contributed by atoms with Crippen molar-refractivity contribution < 1.29 is 14.2 Å². The minimum absolute atomic E-state index is 0.447. The van der Waals surface area contributed by atoms with Crippen LogP contribution in [-0.2, 0) is 21.5 Å². The fourth-order valence-corrected chi connectivity index (χ4v) is 2.77. The van der Waals surface area contributed by atoms with Gasteiger partial charge in [-0.25, -0.2) is 0 Å². The van der Waals surface area contributed by atoms with Gasteiger partial charge in [0.1, 0.15) is 0 Å². The molecule has 0 aliphatic carbocycles. The van der Waals surface area contributed by atoms with Crippen LogP contribution in [0.25, 0.3) is 0 Å². The van der Waals surface area contributed by atoms with Crippen LogP contribution in [0.4, 0.5) is 0 Å². The summed E-state index contributed by atoms with van der Waals surface area (Å²) in [4.78, 5) is 0. The minimum Gasteiger partial charge on any atom is -0.618 e. The van der Waals surface area contributed by atoms with E-state index in [2.05, 4.69) is 0 Å². The molecule has 4 nitrogen and oxygen atoms in total. The smallest absolute Gasteiger partial charge is 0.232 e. The number of fused-ring (bicyclic) bond motifs is 2. The van der Waals surface area contributed by atoms with E-state index >= 15 is 0 Å². The average Bonchev–Trinajstić information content (AvgIpc) is 2.73. The molecule has 0 aromatic carbocycles. The number of halogens is 1. The first-order chi connectivity index (χ1) is 7.73. The first kappa shape index (κ1) is 10.3. The molecule has 16 heavy (non-hydrogen) atoms. The number of hydrogen-bond donors (Lipinski definition) is 0. The molecule has 5 heteroatoms. The summed E-state index contributed by atoms with van der Waals surface area (Å²) < 4.78 is 12.0. The molecule has 1 spiro atoms. The third kappa shape index (κ3) is 1.34. The predicted molar refractivity (Wildman–Crippen MR) is 57.2 cm³/mol. The molecule has 3 heterocycles. The van der Waals surface area contributed by atoms with E-state index in [1.807, 2.05) is 0 Å². The maximum atomic E-state index is 11.9. The lowest BCUT2D eigenvalue weighted by Crippen LogP contribution is -2.48. The highest BCUT2D eigenvalue weighted by atomic mass is 35.5. The van der Waals surface area contributed by atoms with Crippen molar-refractivity contribution in [3.63, 3.8) is 0 Å². The van der Waals surface area contributed by atoms with Crippen LogP contribution in [0.15, 0.2) is 12.3 Å². The molecule has 86 valence electrons. The van der Waals surface area contributed by atoms with E-state index in [0.717, 1.165) is 16.7 Å². The fourth-order valence-electron chi connectivity index (χ4n) is 2.53.